The van der Waals surface area contributed by atoms with Gasteiger partial charge in [0, 0.05) is 43.2 Å². The van der Waals surface area contributed by atoms with Crippen LogP contribution in [0.25, 0.3) is 0 Å². The van der Waals surface area contributed by atoms with E-state index in [1.165, 1.54) is 6.20 Å². The van der Waals surface area contributed by atoms with Gasteiger partial charge in [0.25, 0.3) is 0 Å². The molecule has 2 aliphatic heterocycles. The van der Waals surface area contributed by atoms with Crippen LogP contribution >= 0.6 is 0 Å². The van der Waals surface area contributed by atoms with E-state index in [-0.39, 0.29) is 17.0 Å². The molecule has 2 aliphatic rings. The molecule has 0 spiro atoms. The Morgan fingerprint density at radius 1 is 1.35 bits per heavy atom. The largest absolute Gasteiger partial charge is 0.436 e. The molecular weight excluding hydrogens is 298 g/mol. The summed E-state index contributed by atoms with van der Waals surface area (Å²) in [6.45, 7) is 14.3. The quantitative estimate of drug-likeness (QED) is 0.617. The molecule has 0 bridgehead atoms. The number of hydrogen-bond acceptors (Lipinski definition) is 6. The van der Waals surface area contributed by atoms with Crippen LogP contribution in [0.1, 0.15) is 27.7 Å². The van der Waals surface area contributed by atoms with Crippen LogP contribution in [-0.4, -0.2) is 68.1 Å². The van der Waals surface area contributed by atoms with Crippen LogP contribution in [-0.2, 0) is 6.54 Å². The van der Waals surface area contributed by atoms with Crippen LogP contribution in [0.3, 0.4) is 0 Å². The molecule has 8 nitrogen and oxygen atoms in total. The molecule has 1 saturated heterocycles. The first kappa shape index (κ1) is 16.2. The fourth-order valence-electron chi connectivity index (χ4n) is 3.41. The Hall–Kier alpha value is -1.67. The Balaban J connectivity index is 1.57. The van der Waals surface area contributed by atoms with E-state index in [1.54, 1.807) is 4.57 Å². The maximum absolute atomic E-state index is 10.8. The number of nitrogens with zero attached hydrogens (tertiary/aromatic N) is 5. The zero-order chi connectivity index (χ0) is 16.8. The summed E-state index contributed by atoms with van der Waals surface area (Å²) in [6.07, 6.45) is 1.46. The van der Waals surface area contributed by atoms with Gasteiger partial charge in [0.1, 0.15) is 11.8 Å². The molecular formula is C15H25N5O3. The fourth-order valence-corrected chi connectivity index (χ4v) is 3.41. The third-order valence-corrected chi connectivity index (χ3v) is 4.64. The molecule has 0 N–H and O–H groups in total. The molecule has 23 heavy (non-hydrogen) atoms. The van der Waals surface area contributed by atoms with Gasteiger partial charge in [-0.1, -0.05) is 0 Å². The lowest BCUT2D eigenvalue weighted by molar-refractivity contribution is -0.389. The van der Waals surface area contributed by atoms with Gasteiger partial charge in [0.2, 0.25) is 0 Å². The average molecular weight is 323 g/mol. The molecule has 3 rings (SSSR count). The lowest BCUT2D eigenvalue weighted by atomic mass is 10.0. The molecule has 0 aromatic carbocycles. The van der Waals surface area contributed by atoms with E-state index in [9.17, 15) is 10.1 Å². The number of hydrogen-bond donors (Lipinski definition) is 0. The molecule has 1 fully saturated rings. The van der Waals surface area contributed by atoms with E-state index in [4.69, 9.17) is 4.74 Å². The zero-order valence-electron chi connectivity index (χ0n) is 14.3. The number of ether oxygens (including phenoxy) is 1. The van der Waals surface area contributed by atoms with Gasteiger partial charge in [0.15, 0.2) is 0 Å². The molecule has 0 radical (unpaired) electrons. The van der Waals surface area contributed by atoms with Gasteiger partial charge in [-0.2, -0.15) is 0 Å². The highest BCUT2D eigenvalue weighted by Gasteiger charge is 2.42. The highest BCUT2D eigenvalue weighted by Crippen LogP contribution is 2.31. The van der Waals surface area contributed by atoms with Crippen molar-refractivity contribution in [1.29, 1.82) is 0 Å². The van der Waals surface area contributed by atoms with E-state index >= 15 is 0 Å². The van der Waals surface area contributed by atoms with Crippen molar-refractivity contribution in [3.05, 3.63) is 16.3 Å². The monoisotopic (exact) mass is 323 g/mol. The Labute approximate surface area is 136 Å². The first-order valence-electron chi connectivity index (χ1n) is 8.04. The Kier molecular flexibility index (Phi) is 3.84. The number of aromatic nitrogens is 2. The summed E-state index contributed by atoms with van der Waals surface area (Å²) in [5.74, 6) is -0.152. The fraction of sp³-hybridized carbons (Fsp3) is 0.800. The number of nitro groups is 1. The number of fused-ring (bicyclic) bond motifs is 1. The molecule has 3 heterocycles. The van der Waals surface area contributed by atoms with Gasteiger partial charge in [0.05, 0.1) is 6.54 Å². The Bertz CT molecular complexity index is 575. The maximum Gasteiger partial charge on any atom is 0.415 e. The molecule has 1 atom stereocenters. The van der Waals surface area contributed by atoms with Crippen molar-refractivity contribution < 1.29 is 9.66 Å². The van der Waals surface area contributed by atoms with Gasteiger partial charge in [-0.3, -0.25) is 14.4 Å². The van der Waals surface area contributed by atoms with Gasteiger partial charge in [-0.25, -0.2) is 0 Å². The van der Waals surface area contributed by atoms with Crippen molar-refractivity contribution in [1.82, 2.24) is 19.4 Å². The van der Waals surface area contributed by atoms with E-state index in [0.717, 1.165) is 32.7 Å². The predicted molar refractivity (Wildman–Crippen MR) is 85.7 cm³/mol. The summed E-state index contributed by atoms with van der Waals surface area (Å²) >= 11 is 0. The number of piperazine rings is 1. The smallest absolute Gasteiger partial charge is 0.415 e. The average Bonchev–Trinajstić information content (AvgIpc) is 2.93. The summed E-state index contributed by atoms with van der Waals surface area (Å²) in [7, 11) is 0. The molecule has 1 aromatic heterocycles. The van der Waals surface area contributed by atoms with Gasteiger partial charge >= 0.3 is 11.8 Å². The molecule has 0 saturated carbocycles. The molecule has 128 valence electrons. The van der Waals surface area contributed by atoms with Crippen LogP contribution in [0.5, 0.6) is 6.01 Å². The van der Waals surface area contributed by atoms with Crippen molar-refractivity contribution in [3.63, 3.8) is 0 Å². The predicted octanol–water partition coefficient (Wildman–Crippen LogP) is 1.36. The van der Waals surface area contributed by atoms with E-state index < -0.39 is 4.92 Å². The summed E-state index contributed by atoms with van der Waals surface area (Å²) in [6, 6.07) is 0.354. The lowest BCUT2D eigenvalue weighted by Crippen LogP contribution is -2.56. The number of rotatable bonds is 3. The highest BCUT2D eigenvalue weighted by atomic mass is 16.6. The van der Waals surface area contributed by atoms with Crippen molar-refractivity contribution >= 4 is 5.82 Å². The van der Waals surface area contributed by atoms with E-state index in [1.807, 2.05) is 6.92 Å². The first-order valence-corrected chi connectivity index (χ1v) is 8.04. The standard InChI is InChI=1S/C15H25N5O3/c1-14(2,3)19-7-5-17(6-8-19)10-15(4)11-18-9-12(20(21)22)16-13(18)23-15/h9H,5-8,10-11H2,1-4H3/t15-/m1/s1. The molecule has 1 aromatic rings. The minimum absolute atomic E-state index is 0.152. The summed E-state index contributed by atoms with van der Waals surface area (Å²) < 4.78 is 7.65. The van der Waals surface area contributed by atoms with Crippen LogP contribution in [0.4, 0.5) is 5.82 Å². The Morgan fingerprint density at radius 3 is 2.52 bits per heavy atom. The zero-order valence-corrected chi connectivity index (χ0v) is 14.3. The van der Waals surface area contributed by atoms with Crippen LogP contribution in [0.15, 0.2) is 6.20 Å². The van der Waals surface area contributed by atoms with Gasteiger partial charge < -0.3 is 14.9 Å². The van der Waals surface area contributed by atoms with Crippen molar-refractivity contribution in [3.8, 4) is 6.01 Å². The van der Waals surface area contributed by atoms with Gasteiger partial charge in [-0.05, 0) is 32.6 Å². The first-order chi connectivity index (χ1) is 10.7. The summed E-state index contributed by atoms with van der Waals surface area (Å²) in [5.41, 5.74) is -0.164. The lowest BCUT2D eigenvalue weighted by Gasteiger charge is -2.43. The minimum atomic E-state index is -0.488. The van der Waals surface area contributed by atoms with Gasteiger partial charge in [-0.15, -0.1) is 0 Å². The van der Waals surface area contributed by atoms with E-state index in [0.29, 0.717) is 12.6 Å². The van der Waals surface area contributed by atoms with Crippen molar-refractivity contribution in [2.75, 3.05) is 32.7 Å². The Morgan fingerprint density at radius 2 is 2.00 bits per heavy atom. The highest BCUT2D eigenvalue weighted by molar-refractivity contribution is 5.23. The third kappa shape index (κ3) is 3.32. The normalized spacial score (nSPS) is 26.1. The molecule has 0 aliphatic carbocycles. The van der Waals surface area contributed by atoms with Crippen LogP contribution in [0.2, 0.25) is 0 Å². The van der Waals surface area contributed by atoms with Crippen molar-refractivity contribution in [2.45, 2.75) is 45.4 Å². The minimum Gasteiger partial charge on any atom is -0.436 e. The molecule has 8 heteroatoms. The SMILES string of the molecule is CC(C)(C)N1CCN(C[C@]2(C)Cn3cc([N+](=O)[O-])nc3O2)CC1. The summed E-state index contributed by atoms with van der Waals surface area (Å²) in [5, 5.41) is 10.8. The second-order valence-electron chi connectivity index (χ2n) is 7.75. The molecule has 0 amide bonds. The van der Waals surface area contributed by atoms with Crippen LogP contribution in [0, 0.1) is 10.1 Å². The second-order valence-corrected chi connectivity index (χ2v) is 7.75. The van der Waals surface area contributed by atoms with Crippen LogP contribution < -0.4 is 4.74 Å². The van der Waals surface area contributed by atoms with Crippen molar-refractivity contribution in [2.24, 2.45) is 0 Å². The van der Waals surface area contributed by atoms with E-state index in [2.05, 4.69) is 35.6 Å². The molecule has 0 unspecified atom stereocenters. The second kappa shape index (κ2) is 5.45. The summed E-state index contributed by atoms with van der Waals surface area (Å²) in [4.78, 5) is 19.1. The topological polar surface area (TPSA) is 76.7 Å². The number of imidazole rings is 1. The third-order valence-electron chi connectivity index (χ3n) is 4.64. The maximum atomic E-state index is 10.8.